The summed E-state index contributed by atoms with van der Waals surface area (Å²) < 4.78 is 13.6. The van der Waals surface area contributed by atoms with Crippen molar-refractivity contribution in [1.29, 1.82) is 0 Å². The van der Waals surface area contributed by atoms with Crippen molar-refractivity contribution < 1.29 is 4.39 Å². The molecule has 1 heterocycles. The maximum Gasteiger partial charge on any atom is 0.159 e. The summed E-state index contributed by atoms with van der Waals surface area (Å²) in [6.07, 6.45) is 13.8. The first kappa shape index (κ1) is 18.6. The molecule has 0 saturated heterocycles. The lowest BCUT2D eigenvalue weighted by molar-refractivity contribution is 0.364. The number of hydrogen-bond acceptors (Lipinski definition) is 2. The Bertz CT molecular complexity index is 825. The Hall–Kier alpha value is -2.18. The van der Waals surface area contributed by atoms with E-state index in [0.29, 0.717) is 17.3 Å². The van der Waals surface area contributed by atoms with Crippen molar-refractivity contribution in [2.75, 3.05) is 0 Å². The number of halogens is 2. The Morgan fingerprint density at radius 3 is 2.58 bits per heavy atom. The summed E-state index contributed by atoms with van der Waals surface area (Å²) in [7, 11) is 0. The van der Waals surface area contributed by atoms with Gasteiger partial charge in [0.15, 0.2) is 5.82 Å². The van der Waals surface area contributed by atoms with Crippen LogP contribution in [0, 0.1) is 29.5 Å². The molecule has 0 bridgehead atoms. The summed E-state index contributed by atoms with van der Waals surface area (Å²) in [6.45, 7) is 2.17. The summed E-state index contributed by atoms with van der Waals surface area (Å²) in [4.78, 5) is 8.59. The monoisotopic (exact) mass is 368 g/mol. The van der Waals surface area contributed by atoms with Crippen LogP contribution in [-0.2, 0) is 0 Å². The van der Waals surface area contributed by atoms with Crippen LogP contribution >= 0.6 is 11.6 Å². The smallest absolute Gasteiger partial charge is 0.159 e. The second kappa shape index (κ2) is 8.96. The SMILES string of the molecule is CC/C=C/[C@H]1CC[C@H](C#Cc2cnc(-c3ccc(Cl)c(F)c3)nc2)CC1. The van der Waals surface area contributed by atoms with Crippen LogP contribution in [0.4, 0.5) is 4.39 Å². The van der Waals surface area contributed by atoms with Crippen LogP contribution in [-0.4, -0.2) is 9.97 Å². The van der Waals surface area contributed by atoms with Crippen LogP contribution in [0.3, 0.4) is 0 Å². The zero-order valence-corrected chi connectivity index (χ0v) is 15.6. The van der Waals surface area contributed by atoms with Crippen molar-refractivity contribution in [3.05, 3.63) is 59.1 Å². The van der Waals surface area contributed by atoms with Gasteiger partial charge in [-0.25, -0.2) is 14.4 Å². The number of allylic oxidation sites excluding steroid dienone is 2. The minimum Gasteiger partial charge on any atom is -0.235 e. The lowest BCUT2D eigenvalue weighted by Crippen LogP contribution is -2.11. The molecule has 1 aromatic carbocycles. The number of benzene rings is 1. The van der Waals surface area contributed by atoms with E-state index in [0.717, 1.165) is 30.7 Å². The fourth-order valence-corrected chi connectivity index (χ4v) is 3.26. The molecule has 4 heteroatoms. The zero-order valence-electron chi connectivity index (χ0n) is 14.9. The van der Waals surface area contributed by atoms with Gasteiger partial charge in [0.25, 0.3) is 0 Å². The van der Waals surface area contributed by atoms with E-state index in [2.05, 4.69) is 40.9 Å². The number of nitrogens with zero attached hydrogens (tertiary/aromatic N) is 2. The van der Waals surface area contributed by atoms with Crippen LogP contribution in [0.1, 0.15) is 44.6 Å². The van der Waals surface area contributed by atoms with Gasteiger partial charge < -0.3 is 0 Å². The van der Waals surface area contributed by atoms with Gasteiger partial charge in [-0.2, -0.15) is 0 Å². The van der Waals surface area contributed by atoms with Gasteiger partial charge in [-0.15, -0.1) is 0 Å². The van der Waals surface area contributed by atoms with Crippen LogP contribution in [0.25, 0.3) is 11.4 Å². The first-order chi connectivity index (χ1) is 12.7. The van der Waals surface area contributed by atoms with E-state index in [1.807, 2.05) is 0 Å². The van der Waals surface area contributed by atoms with Crippen molar-refractivity contribution in [2.24, 2.45) is 11.8 Å². The van der Waals surface area contributed by atoms with E-state index >= 15 is 0 Å². The molecule has 0 unspecified atom stereocenters. The Kier molecular flexibility index (Phi) is 6.41. The molecule has 0 aliphatic heterocycles. The molecule has 134 valence electrons. The Balaban J connectivity index is 1.61. The van der Waals surface area contributed by atoms with E-state index in [1.165, 1.54) is 25.0 Å². The number of rotatable bonds is 3. The zero-order chi connectivity index (χ0) is 18.4. The van der Waals surface area contributed by atoms with Crippen LogP contribution in [0.5, 0.6) is 0 Å². The average molecular weight is 369 g/mol. The number of hydrogen-bond donors (Lipinski definition) is 0. The highest BCUT2D eigenvalue weighted by atomic mass is 35.5. The standard InChI is InChI=1S/C22H22ClFN2/c1-2-3-4-16-5-7-17(8-6-16)9-10-18-14-25-22(26-15-18)19-11-12-20(23)21(24)13-19/h3-4,11-17H,2,5-8H2,1H3/b4-3+/t16-,17-. The Morgan fingerprint density at radius 2 is 1.92 bits per heavy atom. The van der Waals surface area contributed by atoms with E-state index in [1.54, 1.807) is 18.5 Å². The average Bonchev–Trinajstić information content (AvgIpc) is 2.68. The molecule has 2 nitrogen and oxygen atoms in total. The minimum atomic E-state index is -0.471. The summed E-state index contributed by atoms with van der Waals surface area (Å²) >= 11 is 5.70. The van der Waals surface area contributed by atoms with Crippen molar-refractivity contribution in [2.45, 2.75) is 39.0 Å². The predicted molar refractivity (Wildman–Crippen MR) is 104 cm³/mol. The van der Waals surface area contributed by atoms with Gasteiger partial charge in [-0.05, 0) is 56.2 Å². The fourth-order valence-electron chi connectivity index (χ4n) is 3.15. The molecule has 2 aromatic rings. The highest BCUT2D eigenvalue weighted by molar-refractivity contribution is 6.30. The van der Waals surface area contributed by atoms with Crippen LogP contribution in [0.15, 0.2) is 42.7 Å². The van der Waals surface area contributed by atoms with Crippen LogP contribution < -0.4 is 0 Å². The quantitative estimate of drug-likeness (QED) is 0.486. The Morgan fingerprint density at radius 1 is 1.19 bits per heavy atom. The van der Waals surface area contributed by atoms with Crippen molar-refractivity contribution in [3.63, 3.8) is 0 Å². The predicted octanol–water partition coefficient (Wildman–Crippen LogP) is 6.06. The molecule has 1 aromatic heterocycles. The Labute approximate surface area is 159 Å². The van der Waals surface area contributed by atoms with Gasteiger partial charge in [0.05, 0.1) is 10.6 Å². The lowest BCUT2D eigenvalue weighted by atomic mass is 9.82. The molecule has 3 rings (SSSR count). The largest absolute Gasteiger partial charge is 0.235 e. The van der Waals surface area contributed by atoms with Crippen molar-refractivity contribution in [1.82, 2.24) is 9.97 Å². The van der Waals surface area contributed by atoms with E-state index in [9.17, 15) is 4.39 Å². The highest BCUT2D eigenvalue weighted by Gasteiger charge is 2.17. The second-order valence-electron chi connectivity index (χ2n) is 6.64. The van der Waals surface area contributed by atoms with Gasteiger partial charge in [0, 0.05) is 23.9 Å². The molecule has 0 N–H and O–H groups in total. The molecule has 0 atom stereocenters. The molecule has 1 aliphatic rings. The van der Waals surface area contributed by atoms with Gasteiger partial charge in [0.2, 0.25) is 0 Å². The third kappa shape index (κ3) is 4.93. The summed E-state index contributed by atoms with van der Waals surface area (Å²) in [5, 5.41) is 0.0937. The third-order valence-electron chi connectivity index (χ3n) is 4.67. The summed E-state index contributed by atoms with van der Waals surface area (Å²) in [6, 6.07) is 4.56. The minimum absolute atomic E-state index is 0.0937. The molecule has 0 spiro atoms. The topological polar surface area (TPSA) is 25.8 Å². The van der Waals surface area contributed by atoms with Gasteiger partial charge in [0.1, 0.15) is 5.82 Å². The molecule has 1 fully saturated rings. The first-order valence-electron chi connectivity index (χ1n) is 9.11. The summed E-state index contributed by atoms with van der Waals surface area (Å²) in [5.74, 6) is 7.71. The number of aromatic nitrogens is 2. The lowest BCUT2D eigenvalue weighted by Gasteiger charge is -2.23. The molecular weight excluding hydrogens is 347 g/mol. The van der Waals surface area contributed by atoms with Gasteiger partial charge in [-0.1, -0.05) is 42.5 Å². The molecule has 1 saturated carbocycles. The molecular formula is C22H22ClFN2. The highest BCUT2D eigenvalue weighted by Crippen LogP contribution is 2.29. The van der Waals surface area contributed by atoms with E-state index < -0.39 is 5.82 Å². The summed E-state index contributed by atoms with van der Waals surface area (Å²) in [5.41, 5.74) is 1.39. The molecule has 1 aliphatic carbocycles. The second-order valence-corrected chi connectivity index (χ2v) is 7.05. The molecule has 26 heavy (non-hydrogen) atoms. The van der Waals surface area contributed by atoms with Gasteiger partial charge >= 0.3 is 0 Å². The first-order valence-corrected chi connectivity index (χ1v) is 9.49. The van der Waals surface area contributed by atoms with Gasteiger partial charge in [-0.3, -0.25) is 0 Å². The van der Waals surface area contributed by atoms with Crippen LogP contribution in [0.2, 0.25) is 5.02 Å². The normalized spacial score (nSPS) is 20.0. The maximum absolute atomic E-state index is 13.6. The third-order valence-corrected chi connectivity index (χ3v) is 4.97. The van der Waals surface area contributed by atoms with Crippen molar-refractivity contribution in [3.8, 4) is 23.2 Å². The molecule has 0 radical (unpaired) electrons. The van der Waals surface area contributed by atoms with E-state index in [-0.39, 0.29) is 5.02 Å². The fraction of sp³-hybridized carbons (Fsp3) is 0.364. The molecule has 0 amide bonds. The van der Waals surface area contributed by atoms with E-state index in [4.69, 9.17) is 11.6 Å². The van der Waals surface area contributed by atoms with Crippen molar-refractivity contribution >= 4 is 11.6 Å². The maximum atomic E-state index is 13.6.